The van der Waals surface area contributed by atoms with Gasteiger partial charge in [-0.25, -0.2) is 4.79 Å². The fourth-order valence-electron chi connectivity index (χ4n) is 1.51. The van der Waals surface area contributed by atoms with Crippen molar-refractivity contribution in [1.29, 1.82) is 0 Å². The molecule has 1 aromatic heterocycles. The summed E-state index contributed by atoms with van der Waals surface area (Å²) < 4.78 is 4.94. The highest BCUT2D eigenvalue weighted by Crippen LogP contribution is 2.31. The lowest BCUT2D eigenvalue weighted by Gasteiger charge is -2.05. The normalized spacial score (nSPS) is 10.7. The van der Waals surface area contributed by atoms with Gasteiger partial charge in [0.05, 0.1) is 0 Å². The molecule has 0 saturated carbocycles. The lowest BCUT2D eigenvalue weighted by atomic mass is 10.2. The van der Waals surface area contributed by atoms with Crippen molar-refractivity contribution in [3.05, 3.63) is 56.1 Å². The van der Waals surface area contributed by atoms with Crippen molar-refractivity contribution in [1.82, 2.24) is 0 Å². The highest BCUT2D eigenvalue weighted by atomic mass is 35.5. The zero-order valence-corrected chi connectivity index (χ0v) is 12.3. The Morgan fingerprint density at radius 2 is 2.05 bits per heavy atom. The van der Waals surface area contributed by atoms with Crippen molar-refractivity contribution in [2.45, 2.75) is 17.6 Å². The summed E-state index contributed by atoms with van der Waals surface area (Å²) in [6, 6.07) is 6.55. The number of aromatic hydroxyl groups is 1. The third-order valence-corrected chi connectivity index (χ3v) is 4.11. The Morgan fingerprint density at radius 3 is 2.68 bits per heavy atom. The van der Waals surface area contributed by atoms with Crippen LogP contribution in [0, 0.1) is 6.92 Å². The maximum Gasteiger partial charge on any atom is 0.353 e. The number of rotatable bonds is 3. The second kappa shape index (κ2) is 5.90. The quantitative estimate of drug-likeness (QED) is 0.860. The van der Waals surface area contributed by atoms with Gasteiger partial charge in [-0.05, 0) is 24.6 Å². The summed E-state index contributed by atoms with van der Waals surface area (Å²) in [5.74, 6) is 0.734. The van der Waals surface area contributed by atoms with Crippen LogP contribution < -0.4 is 5.63 Å². The number of benzene rings is 1. The van der Waals surface area contributed by atoms with Crippen LogP contribution in [0.1, 0.15) is 11.3 Å². The maximum atomic E-state index is 11.6. The first-order valence-corrected chi connectivity index (χ1v) is 7.12. The van der Waals surface area contributed by atoms with Crippen LogP contribution in [0.5, 0.6) is 5.75 Å². The van der Waals surface area contributed by atoms with Crippen molar-refractivity contribution >= 4 is 35.0 Å². The molecule has 19 heavy (non-hydrogen) atoms. The zero-order valence-electron chi connectivity index (χ0n) is 9.94. The number of halogens is 2. The van der Waals surface area contributed by atoms with Gasteiger partial charge in [0.1, 0.15) is 16.4 Å². The number of aryl methyl sites for hydroxylation is 1. The van der Waals surface area contributed by atoms with Gasteiger partial charge in [-0.15, -0.1) is 11.8 Å². The number of hydrogen-bond donors (Lipinski definition) is 1. The second-order valence-corrected chi connectivity index (χ2v) is 5.71. The van der Waals surface area contributed by atoms with Crippen molar-refractivity contribution < 1.29 is 9.52 Å². The zero-order chi connectivity index (χ0) is 14.0. The monoisotopic (exact) mass is 316 g/mol. The Balaban J connectivity index is 2.21. The Hall–Kier alpha value is -1.10. The third kappa shape index (κ3) is 3.47. The highest BCUT2D eigenvalue weighted by Gasteiger charge is 2.11. The average molecular weight is 317 g/mol. The van der Waals surface area contributed by atoms with Gasteiger partial charge in [0.25, 0.3) is 0 Å². The molecule has 6 heteroatoms. The van der Waals surface area contributed by atoms with Crippen molar-refractivity contribution in [2.75, 3.05) is 0 Å². The van der Waals surface area contributed by atoms with Gasteiger partial charge >= 0.3 is 5.63 Å². The minimum absolute atomic E-state index is 0.0798. The van der Waals surface area contributed by atoms with Gasteiger partial charge in [-0.1, -0.05) is 29.3 Å². The molecule has 0 saturated heterocycles. The van der Waals surface area contributed by atoms with Gasteiger partial charge in [-0.3, -0.25) is 0 Å². The van der Waals surface area contributed by atoms with E-state index in [2.05, 4.69) is 0 Å². The van der Waals surface area contributed by atoms with Crippen LogP contribution in [-0.4, -0.2) is 5.11 Å². The summed E-state index contributed by atoms with van der Waals surface area (Å²) in [6.45, 7) is 1.60. The molecular formula is C13H10Cl2O3S. The van der Waals surface area contributed by atoms with Crippen LogP contribution in [0.3, 0.4) is 0 Å². The van der Waals surface area contributed by atoms with E-state index in [-0.39, 0.29) is 10.6 Å². The first kappa shape index (κ1) is 14.3. The largest absolute Gasteiger partial charge is 0.506 e. The molecule has 0 atom stereocenters. The van der Waals surface area contributed by atoms with E-state index in [0.29, 0.717) is 21.6 Å². The summed E-state index contributed by atoms with van der Waals surface area (Å²) >= 11 is 13.0. The van der Waals surface area contributed by atoms with Gasteiger partial charge in [0.2, 0.25) is 0 Å². The predicted molar refractivity (Wildman–Crippen MR) is 77.4 cm³/mol. The lowest BCUT2D eigenvalue weighted by Crippen LogP contribution is -2.03. The highest BCUT2D eigenvalue weighted by molar-refractivity contribution is 7.98. The molecule has 2 rings (SSSR count). The Labute approximate surface area is 124 Å². The molecule has 0 aliphatic heterocycles. The van der Waals surface area contributed by atoms with Gasteiger partial charge in [-0.2, -0.15) is 0 Å². The summed E-state index contributed by atoms with van der Waals surface area (Å²) in [7, 11) is 0. The van der Waals surface area contributed by atoms with E-state index >= 15 is 0 Å². The molecule has 0 unspecified atom stereocenters. The van der Waals surface area contributed by atoms with Gasteiger partial charge in [0, 0.05) is 21.9 Å². The smallest absolute Gasteiger partial charge is 0.353 e. The summed E-state index contributed by atoms with van der Waals surface area (Å²) in [5.41, 5.74) is 0.281. The van der Waals surface area contributed by atoms with E-state index in [1.165, 1.54) is 17.8 Å². The van der Waals surface area contributed by atoms with Crippen LogP contribution >= 0.6 is 35.0 Å². The van der Waals surface area contributed by atoms with E-state index in [4.69, 9.17) is 27.6 Å². The predicted octanol–water partition coefficient (Wildman–Crippen LogP) is 4.25. The van der Waals surface area contributed by atoms with E-state index < -0.39 is 5.63 Å². The molecule has 0 amide bonds. The summed E-state index contributed by atoms with van der Waals surface area (Å²) in [4.78, 5) is 11.8. The first-order valence-electron chi connectivity index (χ1n) is 5.38. The fourth-order valence-corrected chi connectivity index (χ4v) is 2.98. The second-order valence-electron chi connectivity index (χ2n) is 3.88. The molecule has 0 spiro atoms. The molecule has 1 heterocycles. The minimum atomic E-state index is -0.549. The van der Waals surface area contributed by atoms with Crippen LogP contribution in [0.25, 0.3) is 0 Å². The van der Waals surface area contributed by atoms with Crippen molar-refractivity contribution in [3.8, 4) is 5.75 Å². The third-order valence-electron chi connectivity index (χ3n) is 2.40. The van der Waals surface area contributed by atoms with Crippen LogP contribution in [-0.2, 0) is 5.75 Å². The topological polar surface area (TPSA) is 50.4 Å². The lowest BCUT2D eigenvalue weighted by molar-refractivity contribution is 0.412. The van der Waals surface area contributed by atoms with Crippen LogP contribution in [0.15, 0.2) is 38.4 Å². The molecule has 0 radical (unpaired) electrons. The Kier molecular flexibility index (Phi) is 4.45. The average Bonchev–Trinajstić information content (AvgIpc) is 2.30. The minimum Gasteiger partial charge on any atom is -0.506 e. The van der Waals surface area contributed by atoms with E-state index in [1.807, 2.05) is 0 Å². The number of thioether (sulfide) groups is 1. The molecular weight excluding hydrogens is 307 g/mol. The van der Waals surface area contributed by atoms with E-state index in [0.717, 1.165) is 5.56 Å². The fraction of sp³-hybridized carbons (Fsp3) is 0.154. The Bertz CT molecular complexity index is 667. The Morgan fingerprint density at radius 1 is 1.32 bits per heavy atom. The maximum absolute atomic E-state index is 11.6. The molecule has 0 aliphatic carbocycles. The molecule has 2 aromatic rings. The number of hydrogen-bond acceptors (Lipinski definition) is 4. The molecule has 0 fully saturated rings. The molecule has 100 valence electrons. The summed E-state index contributed by atoms with van der Waals surface area (Å²) in [5, 5.41) is 10.8. The summed E-state index contributed by atoms with van der Waals surface area (Å²) in [6.07, 6.45) is 0. The molecule has 0 bridgehead atoms. The van der Waals surface area contributed by atoms with Crippen LogP contribution in [0.2, 0.25) is 10.0 Å². The SMILES string of the molecule is Cc1cc(O)c(SCc2ccc(Cl)cc2Cl)c(=O)o1. The molecule has 1 aromatic carbocycles. The van der Waals surface area contributed by atoms with Crippen LogP contribution in [0.4, 0.5) is 0 Å². The standard InChI is InChI=1S/C13H10Cl2O3S/c1-7-4-11(16)12(13(17)18-7)19-6-8-2-3-9(14)5-10(8)15/h2-5,16H,6H2,1H3. The van der Waals surface area contributed by atoms with E-state index in [1.54, 1.807) is 25.1 Å². The van der Waals surface area contributed by atoms with E-state index in [9.17, 15) is 9.90 Å². The molecule has 0 aliphatic rings. The van der Waals surface area contributed by atoms with Gasteiger partial charge in [0.15, 0.2) is 0 Å². The van der Waals surface area contributed by atoms with Gasteiger partial charge < -0.3 is 9.52 Å². The van der Waals surface area contributed by atoms with Crippen molar-refractivity contribution in [3.63, 3.8) is 0 Å². The van der Waals surface area contributed by atoms with Crippen molar-refractivity contribution in [2.24, 2.45) is 0 Å². The molecule has 1 N–H and O–H groups in total. The first-order chi connectivity index (χ1) is 8.97. The molecule has 3 nitrogen and oxygen atoms in total.